The van der Waals surface area contributed by atoms with Crippen molar-refractivity contribution in [2.24, 2.45) is 9.98 Å². The average Bonchev–Trinajstić information content (AvgIpc) is 2.05. The molecule has 1 unspecified atom stereocenters. The van der Waals surface area contributed by atoms with Crippen LogP contribution in [0.4, 0.5) is 0 Å². The Morgan fingerprint density at radius 1 is 1.91 bits per heavy atom. The molecule has 1 rings (SSSR count). The summed E-state index contributed by atoms with van der Waals surface area (Å²) in [6.07, 6.45) is 1.35. The van der Waals surface area contributed by atoms with Gasteiger partial charge in [-0.2, -0.15) is 0 Å². The highest BCUT2D eigenvalue weighted by atomic mass is 35.5. The summed E-state index contributed by atoms with van der Waals surface area (Å²) in [4.78, 5) is 18.5. The molecule has 0 spiro atoms. The molecular formula is C6H7ClN2O2. The lowest BCUT2D eigenvalue weighted by Crippen LogP contribution is -2.26. The Bertz CT molecular complexity index is 225. The van der Waals surface area contributed by atoms with E-state index in [0.717, 1.165) is 0 Å². The van der Waals surface area contributed by atoms with E-state index in [4.69, 9.17) is 11.6 Å². The van der Waals surface area contributed by atoms with Crippen LogP contribution in [0.2, 0.25) is 0 Å². The lowest BCUT2D eigenvalue weighted by Gasteiger charge is -2.09. The number of methoxy groups -OCH3 is 1. The Morgan fingerprint density at radius 3 is 3.09 bits per heavy atom. The summed E-state index contributed by atoms with van der Waals surface area (Å²) >= 11 is 5.48. The quantitative estimate of drug-likeness (QED) is 0.535. The van der Waals surface area contributed by atoms with Gasteiger partial charge >= 0.3 is 5.97 Å². The summed E-state index contributed by atoms with van der Waals surface area (Å²) in [6, 6.07) is -0.512. The second-order valence-electron chi connectivity index (χ2n) is 1.98. The van der Waals surface area contributed by atoms with E-state index in [1.807, 2.05) is 0 Å². The van der Waals surface area contributed by atoms with E-state index in [1.165, 1.54) is 13.3 Å². The zero-order chi connectivity index (χ0) is 8.27. The SMILES string of the molecule is COC(=O)C1CN=C(Cl)C=N1. The first-order chi connectivity index (χ1) is 5.24. The number of hydrogen-bond donors (Lipinski definition) is 0. The molecule has 0 saturated heterocycles. The zero-order valence-corrected chi connectivity index (χ0v) is 6.71. The first kappa shape index (κ1) is 8.20. The van der Waals surface area contributed by atoms with Gasteiger partial charge in [-0.1, -0.05) is 11.6 Å². The van der Waals surface area contributed by atoms with Gasteiger partial charge in [-0.15, -0.1) is 0 Å². The van der Waals surface area contributed by atoms with Crippen LogP contribution in [-0.2, 0) is 9.53 Å². The zero-order valence-electron chi connectivity index (χ0n) is 5.95. The number of carbonyl (C=O) groups excluding carboxylic acids is 1. The second kappa shape index (κ2) is 3.48. The van der Waals surface area contributed by atoms with E-state index < -0.39 is 6.04 Å². The third-order valence-electron chi connectivity index (χ3n) is 1.25. The second-order valence-corrected chi connectivity index (χ2v) is 2.37. The molecule has 1 aliphatic rings. The normalized spacial score (nSPS) is 22.7. The molecule has 0 aliphatic carbocycles. The summed E-state index contributed by atoms with van der Waals surface area (Å²) < 4.78 is 4.46. The van der Waals surface area contributed by atoms with Crippen LogP contribution in [0, 0.1) is 0 Å². The maximum atomic E-state index is 10.8. The summed E-state index contributed by atoms with van der Waals surface area (Å²) in [5.41, 5.74) is 0. The molecule has 0 aromatic rings. The van der Waals surface area contributed by atoms with E-state index in [0.29, 0.717) is 5.17 Å². The van der Waals surface area contributed by atoms with Crippen LogP contribution in [0.15, 0.2) is 9.98 Å². The van der Waals surface area contributed by atoms with Gasteiger partial charge in [0.05, 0.1) is 19.9 Å². The van der Waals surface area contributed by atoms with Crippen molar-refractivity contribution < 1.29 is 9.53 Å². The Kier molecular flexibility index (Phi) is 2.59. The minimum atomic E-state index is -0.512. The first-order valence-corrected chi connectivity index (χ1v) is 3.43. The van der Waals surface area contributed by atoms with Gasteiger partial charge < -0.3 is 4.74 Å². The number of carbonyl (C=O) groups is 1. The number of rotatable bonds is 1. The molecule has 0 radical (unpaired) electrons. The Labute approximate surface area is 68.9 Å². The van der Waals surface area contributed by atoms with Gasteiger partial charge in [0.15, 0.2) is 6.04 Å². The maximum Gasteiger partial charge on any atom is 0.332 e. The summed E-state index contributed by atoms with van der Waals surface area (Å²) in [7, 11) is 1.32. The van der Waals surface area contributed by atoms with Crippen LogP contribution >= 0.6 is 11.6 Å². The van der Waals surface area contributed by atoms with Gasteiger partial charge in [-0.3, -0.25) is 9.98 Å². The summed E-state index contributed by atoms with van der Waals surface area (Å²) in [5.74, 6) is -0.380. The van der Waals surface area contributed by atoms with Gasteiger partial charge in [-0.05, 0) is 0 Å². The van der Waals surface area contributed by atoms with Crippen molar-refractivity contribution in [3.05, 3.63) is 0 Å². The van der Waals surface area contributed by atoms with E-state index in [9.17, 15) is 4.79 Å². The Hall–Kier alpha value is -0.900. The average molecular weight is 175 g/mol. The van der Waals surface area contributed by atoms with E-state index in [1.54, 1.807) is 0 Å². The van der Waals surface area contributed by atoms with E-state index in [-0.39, 0.29) is 12.5 Å². The van der Waals surface area contributed by atoms with Crippen LogP contribution in [0.25, 0.3) is 0 Å². The Morgan fingerprint density at radius 2 is 2.64 bits per heavy atom. The van der Waals surface area contributed by atoms with Crippen molar-refractivity contribution in [1.29, 1.82) is 0 Å². The van der Waals surface area contributed by atoms with Crippen LogP contribution < -0.4 is 0 Å². The first-order valence-electron chi connectivity index (χ1n) is 3.05. The Balaban J connectivity index is 2.55. The fourth-order valence-electron chi connectivity index (χ4n) is 0.685. The highest BCUT2D eigenvalue weighted by Gasteiger charge is 2.18. The van der Waals surface area contributed by atoms with Crippen molar-refractivity contribution in [3.63, 3.8) is 0 Å². The molecule has 0 saturated carbocycles. The van der Waals surface area contributed by atoms with Crippen molar-refractivity contribution in [3.8, 4) is 0 Å². The topological polar surface area (TPSA) is 51.0 Å². The smallest absolute Gasteiger partial charge is 0.332 e. The van der Waals surface area contributed by atoms with Crippen molar-refractivity contribution >= 4 is 29.0 Å². The highest BCUT2D eigenvalue weighted by molar-refractivity contribution is 6.80. The molecule has 0 fully saturated rings. The lowest BCUT2D eigenvalue weighted by molar-refractivity contribution is -0.141. The molecule has 60 valence electrons. The molecule has 1 heterocycles. The monoisotopic (exact) mass is 174 g/mol. The predicted molar refractivity (Wildman–Crippen MR) is 42.5 cm³/mol. The molecule has 1 atom stereocenters. The number of hydrogen-bond acceptors (Lipinski definition) is 4. The molecule has 0 N–H and O–H groups in total. The third kappa shape index (κ3) is 2.01. The number of halogens is 1. The molecule has 4 nitrogen and oxygen atoms in total. The molecule has 11 heavy (non-hydrogen) atoms. The fourth-order valence-corrected chi connectivity index (χ4v) is 0.810. The molecule has 0 aromatic carbocycles. The van der Waals surface area contributed by atoms with Crippen LogP contribution in [0.3, 0.4) is 0 Å². The van der Waals surface area contributed by atoms with Crippen molar-refractivity contribution in [2.45, 2.75) is 6.04 Å². The molecule has 0 aromatic heterocycles. The highest BCUT2D eigenvalue weighted by Crippen LogP contribution is 2.01. The van der Waals surface area contributed by atoms with Crippen molar-refractivity contribution in [1.82, 2.24) is 0 Å². The fraction of sp³-hybridized carbons (Fsp3) is 0.500. The largest absolute Gasteiger partial charge is 0.467 e. The number of esters is 1. The standard InChI is InChI=1S/C6H7ClN2O2/c1-11-6(10)4-2-9-5(7)3-8-4/h3-4H,2H2,1H3. The van der Waals surface area contributed by atoms with Crippen LogP contribution in [0.5, 0.6) is 0 Å². The minimum Gasteiger partial charge on any atom is -0.467 e. The lowest BCUT2D eigenvalue weighted by atomic mass is 10.3. The van der Waals surface area contributed by atoms with E-state index in [2.05, 4.69) is 14.7 Å². The maximum absolute atomic E-state index is 10.8. The third-order valence-corrected chi connectivity index (χ3v) is 1.47. The van der Waals surface area contributed by atoms with Gasteiger partial charge in [0.1, 0.15) is 5.17 Å². The van der Waals surface area contributed by atoms with Crippen LogP contribution in [0.1, 0.15) is 0 Å². The number of ether oxygens (including phenoxy) is 1. The molecular weight excluding hydrogens is 168 g/mol. The predicted octanol–water partition coefficient (Wildman–Crippen LogP) is 0.250. The van der Waals surface area contributed by atoms with Crippen LogP contribution in [-0.4, -0.2) is 37.1 Å². The van der Waals surface area contributed by atoms with E-state index >= 15 is 0 Å². The van der Waals surface area contributed by atoms with Gasteiger partial charge in [0.25, 0.3) is 0 Å². The summed E-state index contributed by atoms with van der Waals surface area (Å²) in [6.45, 7) is 0.280. The number of nitrogens with zero attached hydrogens (tertiary/aromatic N) is 2. The molecule has 1 aliphatic heterocycles. The summed E-state index contributed by atoms with van der Waals surface area (Å²) in [5, 5.41) is 0.324. The molecule has 0 amide bonds. The number of aliphatic imine (C=N–C) groups is 2. The minimum absolute atomic E-state index is 0.280. The van der Waals surface area contributed by atoms with Gasteiger partial charge in [0, 0.05) is 0 Å². The molecule has 5 heteroatoms. The van der Waals surface area contributed by atoms with Gasteiger partial charge in [-0.25, -0.2) is 4.79 Å². The molecule has 0 bridgehead atoms. The van der Waals surface area contributed by atoms with Crippen molar-refractivity contribution in [2.75, 3.05) is 13.7 Å². The van der Waals surface area contributed by atoms with Gasteiger partial charge in [0.2, 0.25) is 0 Å².